The summed E-state index contributed by atoms with van der Waals surface area (Å²) >= 11 is 0. The van der Waals surface area contributed by atoms with E-state index in [4.69, 9.17) is 9.47 Å². The Morgan fingerprint density at radius 2 is 1.89 bits per heavy atom. The largest absolute Gasteiger partial charge is 0.454 e. The molecule has 2 fully saturated rings. The Morgan fingerprint density at radius 3 is 2.77 bits per heavy atom. The molecule has 0 saturated carbocycles. The van der Waals surface area contributed by atoms with Crippen LogP contribution in [0.15, 0.2) is 41.2 Å². The van der Waals surface area contributed by atoms with E-state index in [9.17, 15) is 19.2 Å². The molecule has 2 aromatic rings. The first-order chi connectivity index (χ1) is 17.0. The number of amides is 4. The highest BCUT2D eigenvalue weighted by atomic mass is 16.7. The average Bonchev–Trinajstić information content (AvgIpc) is 3.42. The Hall–Kier alpha value is -3.82. The summed E-state index contributed by atoms with van der Waals surface area (Å²) < 4.78 is 12.5. The summed E-state index contributed by atoms with van der Waals surface area (Å²) in [5, 5.41) is 2.72. The van der Waals surface area contributed by atoms with Gasteiger partial charge in [0.1, 0.15) is 6.04 Å². The molecular formula is C25H26N4O6. The number of nitrogens with zero attached hydrogens (tertiary/aromatic N) is 3. The van der Waals surface area contributed by atoms with Crippen LogP contribution >= 0.6 is 0 Å². The van der Waals surface area contributed by atoms with Gasteiger partial charge in [-0.15, -0.1) is 0 Å². The van der Waals surface area contributed by atoms with Crippen LogP contribution in [0.2, 0.25) is 0 Å². The first kappa shape index (κ1) is 21.7. The van der Waals surface area contributed by atoms with Gasteiger partial charge in [0.15, 0.2) is 11.5 Å². The number of pyridine rings is 1. The third-order valence-corrected chi connectivity index (χ3v) is 7.36. The lowest BCUT2D eigenvalue weighted by molar-refractivity contribution is -0.134. The van der Waals surface area contributed by atoms with Crippen molar-refractivity contribution in [3.63, 3.8) is 0 Å². The van der Waals surface area contributed by atoms with Crippen LogP contribution in [0.5, 0.6) is 11.5 Å². The van der Waals surface area contributed by atoms with E-state index in [1.165, 1.54) is 4.90 Å². The standard InChI is InChI=1S/C25H26N4O6/c30-22(27-10-16-8-17(13-27)19-2-1-3-23(31)28(19)12-16)7-5-18-24(32)29(25(33)26-18)11-15-4-6-20-21(9-15)35-14-34-20/h1-4,6,9,16-18H,5,7-8,10-14H2,(H,26,33). The molecule has 1 N–H and O–H groups in total. The van der Waals surface area contributed by atoms with Crippen molar-refractivity contribution in [2.75, 3.05) is 19.9 Å². The fourth-order valence-electron chi connectivity index (χ4n) is 5.67. The van der Waals surface area contributed by atoms with Crippen molar-refractivity contribution in [2.24, 2.45) is 5.92 Å². The van der Waals surface area contributed by atoms with Gasteiger partial charge in [0.2, 0.25) is 12.7 Å². The number of ether oxygens (including phenoxy) is 2. The number of rotatable bonds is 5. The van der Waals surface area contributed by atoms with Crippen molar-refractivity contribution >= 4 is 17.8 Å². The summed E-state index contributed by atoms with van der Waals surface area (Å²) in [7, 11) is 0. The number of imide groups is 1. The van der Waals surface area contributed by atoms with E-state index in [1.54, 1.807) is 30.3 Å². The van der Waals surface area contributed by atoms with Gasteiger partial charge in [-0.3, -0.25) is 19.3 Å². The molecule has 3 unspecified atom stereocenters. The molecule has 0 aliphatic carbocycles. The van der Waals surface area contributed by atoms with Gasteiger partial charge in [0.25, 0.3) is 11.5 Å². The van der Waals surface area contributed by atoms with Crippen molar-refractivity contribution in [1.29, 1.82) is 0 Å². The number of piperidine rings is 1. The summed E-state index contributed by atoms with van der Waals surface area (Å²) in [4.78, 5) is 53.6. The lowest BCUT2D eigenvalue weighted by Crippen LogP contribution is -2.49. The van der Waals surface area contributed by atoms with Crippen molar-refractivity contribution in [1.82, 2.24) is 19.7 Å². The second-order valence-corrected chi connectivity index (χ2v) is 9.65. The zero-order valence-electron chi connectivity index (χ0n) is 19.1. The van der Waals surface area contributed by atoms with Crippen LogP contribution in [0.1, 0.15) is 36.4 Å². The zero-order chi connectivity index (χ0) is 24.1. The molecule has 1 aromatic carbocycles. The number of carbonyl (C=O) groups excluding carboxylic acids is 3. The van der Waals surface area contributed by atoms with Gasteiger partial charge in [-0.05, 0) is 42.5 Å². The van der Waals surface area contributed by atoms with E-state index < -0.39 is 12.1 Å². The van der Waals surface area contributed by atoms with Gasteiger partial charge in [0, 0.05) is 43.7 Å². The smallest absolute Gasteiger partial charge is 0.325 e. The monoisotopic (exact) mass is 478 g/mol. The third-order valence-electron chi connectivity index (χ3n) is 7.36. The molecule has 0 radical (unpaired) electrons. The molecule has 182 valence electrons. The Morgan fingerprint density at radius 1 is 1.03 bits per heavy atom. The van der Waals surface area contributed by atoms with E-state index in [2.05, 4.69) is 5.32 Å². The normalized spacial score (nSPS) is 24.4. The maximum absolute atomic E-state index is 13.0. The molecule has 0 spiro atoms. The van der Waals surface area contributed by atoms with Gasteiger partial charge >= 0.3 is 6.03 Å². The summed E-state index contributed by atoms with van der Waals surface area (Å²) in [6.45, 7) is 2.08. The molecule has 5 heterocycles. The molecule has 10 heteroatoms. The fraction of sp³-hybridized carbons (Fsp3) is 0.440. The predicted molar refractivity (Wildman–Crippen MR) is 123 cm³/mol. The van der Waals surface area contributed by atoms with Gasteiger partial charge in [-0.1, -0.05) is 12.1 Å². The lowest BCUT2D eigenvalue weighted by atomic mass is 9.83. The Balaban J connectivity index is 1.06. The molecular weight excluding hydrogens is 452 g/mol. The second-order valence-electron chi connectivity index (χ2n) is 9.65. The van der Waals surface area contributed by atoms with Gasteiger partial charge in [-0.2, -0.15) is 0 Å². The number of likely N-dealkylation sites (tertiary alicyclic amines) is 1. The topological polar surface area (TPSA) is 110 Å². The van der Waals surface area contributed by atoms with Crippen LogP contribution in [0.3, 0.4) is 0 Å². The van der Waals surface area contributed by atoms with Crippen LogP contribution in [0.25, 0.3) is 0 Å². The number of fused-ring (bicyclic) bond motifs is 5. The summed E-state index contributed by atoms with van der Waals surface area (Å²) in [5.74, 6) is 1.27. The van der Waals surface area contributed by atoms with Crippen LogP contribution < -0.4 is 20.3 Å². The van der Waals surface area contributed by atoms with Gasteiger partial charge in [-0.25, -0.2) is 4.79 Å². The second kappa shape index (κ2) is 8.44. The van der Waals surface area contributed by atoms with Crippen molar-refractivity contribution < 1.29 is 23.9 Å². The van der Waals surface area contributed by atoms with Gasteiger partial charge < -0.3 is 24.3 Å². The maximum Gasteiger partial charge on any atom is 0.325 e. The van der Waals surface area contributed by atoms with Crippen LogP contribution in [0.4, 0.5) is 4.79 Å². The molecule has 1 aromatic heterocycles. The number of benzene rings is 1. The maximum atomic E-state index is 13.0. The van der Waals surface area contributed by atoms with Gasteiger partial charge in [0.05, 0.1) is 6.54 Å². The molecule has 6 rings (SSSR count). The fourth-order valence-corrected chi connectivity index (χ4v) is 5.67. The first-order valence-corrected chi connectivity index (χ1v) is 11.9. The Bertz CT molecular complexity index is 1270. The predicted octanol–water partition coefficient (Wildman–Crippen LogP) is 1.42. The number of urea groups is 1. The highest BCUT2D eigenvalue weighted by molar-refractivity contribution is 6.04. The Kier molecular flexibility index (Phi) is 5.23. The Labute approximate surface area is 201 Å². The highest BCUT2D eigenvalue weighted by Gasteiger charge is 2.40. The lowest BCUT2D eigenvalue weighted by Gasteiger charge is -2.42. The van der Waals surface area contributed by atoms with Crippen LogP contribution in [0, 0.1) is 5.92 Å². The van der Waals surface area contributed by atoms with E-state index in [0.717, 1.165) is 17.7 Å². The van der Waals surface area contributed by atoms with E-state index in [0.29, 0.717) is 31.1 Å². The van der Waals surface area contributed by atoms with Crippen LogP contribution in [-0.2, 0) is 22.7 Å². The minimum Gasteiger partial charge on any atom is -0.454 e. The quantitative estimate of drug-likeness (QED) is 0.651. The van der Waals surface area contributed by atoms with Crippen molar-refractivity contribution in [3.05, 3.63) is 58.0 Å². The molecule has 3 atom stereocenters. The van der Waals surface area contributed by atoms with Crippen molar-refractivity contribution in [3.8, 4) is 11.5 Å². The highest BCUT2D eigenvalue weighted by Crippen LogP contribution is 2.35. The third kappa shape index (κ3) is 3.92. The zero-order valence-corrected chi connectivity index (χ0v) is 19.1. The number of nitrogens with one attached hydrogen (secondary N) is 1. The SMILES string of the molecule is O=C(CCC1NC(=O)N(Cc2ccc3c(c2)OCO3)C1=O)N1CC2CC(C1)c1cccc(=O)n1C2. The summed E-state index contributed by atoms with van der Waals surface area (Å²) in [6.07, 6.45) is 1.40. The molecule has 2 bridgehead atoms. The number of hydrogen-bond donors (Lipinski definition) is 1. The van der Waals surface area contributed by atoms with Crippen LogP contribution in [-0.4, -0.2) is 58.1 Å². The number of carbonyl (C=O) groups is 3. The molecule has 2 saturated heterocycles. The van der Waals surface area contributed by atoms with E-state index in [1.807, 2.05) is 15.5 Å². The number of hydrogen-bond acceptors (Lipinski definition) is 6. The minimum atomic E-state index is -0.718. The molecule has 10 nitrogen and oxygen atoms in total. The first-order valence-electron chi connectivity index (χ1n) is 11.9. The van der Waals surface area contributed by atoms with Crippen molar-refractivity contribution in [2.45, 2.75) is 44.3 Å². The van der Waals surface area contributed by atoms with E-state index in [-0.39, 0.29) is 55.4 Å². The molecule has 4 aliphatic rings. The van der Waals surface area contributed by atoms with E-state index >= 15 is 0 Å². The summed E-state index contributed by atoms with van der Waals surface area (Å²) in [5.41, 5.74) is 1.76. The number of aromatic nitrogens is 1. The molecule has 35 heavy (non-hydrogen) atoms. The summed E-state index contributed by atoms with van der Waals surface area (Å²) in [6, 6.07) is 9.47. The molecule has 4 aliphatic heterocycles. The minimum absolute atomic E-state index is 0.0118. The molecule has 4 amide bonds. The average molecular weight is 479 g/mol.